The molecule has 0 aromatic carbocycles. The standard InChI is InChI=1S/C17H18F3N3O3/c18-17(19,20)14-8-22-10(9-26-14)7-15(24)23-12(4-5-13(23)16(22)25)11-3-1-2-6-21-11/h1-3,6,10,12-14H,4-5,7-9H2/t10-,12+,13-,14-/m0/s1. The van der Waals surface area contributed by atoms with Crippen LogP contribution < -0.4 is 0 Å². The van der Waals surface area contributed by atoms with Gasteiger partial charge in [0, 0.05) is 12.6 Å². The van der Waals surface area contributed by atoms with Gasteiger partial charge in [-0.2, -0.15) is 13.2 Å². The van der Waals surface area contributed by atoms with E-state index in [1.165, 1.54) is 9.80 Å². The van der Waals surface area contributed by atoms with Gasteiger partial charge in [0.15, 0.2) is 6.10 Å². The predicted octanol–water partition coefficient (Wildman–Crippen LogP) is 1.68. The zero-order chi connectivity index (χ0) is 18.5. The number of nitrogens with zero attached hydrogens (tertiary/aromatic N) is 3. The minimum atomic E-state index is -4.53. The molecular formula is C17H18F3N3O3. The first-order valence-corrected chi connectivity index (χ1v) is 8.57. The number of hydrogen-bond acceptors (Lipinski definition) is 4. The smallest absolute Gasteiger partial charge is 0.365 e. The Balaban J connectivity index is 1.62. The lowest BCUT2D eigenvalue weighted by Crippen LogP contribution is -2.57. The number of amides is 2. The summed E-state index contributed by atoms with van der Waals surface area (Å²) in [6.45, 7) is -0.838. The highest BCUT2D eigenvalue weighted by molar-refractivity contribution is 5.91. The molecule has 4 heterocycles. The van der Waals surface area contributed by atoms with Gasteiger partial charge < -0.3 is 14.5 Å². The van der Waals surface area contributed by atoms with Crippen LogP contribution in [0.25, 0.3) is 0 Å². The zero-order valence-corrected chi connectivity index (χ0v) is 13.9. The molecule has 1 aromatic heterocycles. The van der Waals surface area contributed by atoms with Crippen LogP contribution in [0.15, 0.2) is 24.4 Å². The molecule has 0 spiro atoms. The molecule has 0 radical (unpaired) electrons. The number of rotatable bonds is 1. The van der Waals surface area contributed by atoms with E-state index in [9.17, 15) is 22.8 Å². The van der Waals surface area contributed by atoms with Crippen molar-refractivity contribution >= 4 is 11.8 Å². The van der Waals surface area contributed by atoms with Gasteiger partial charge in [-0.15, -0.1) is 0 Å². The molecular weight excluding hydrogens is 351 g/mol. The van der Waals surface area contributed by atoms with Crippen LogP contribution in [0.5, 0.6) is 0 Å². The van der Waals surface area contributed by atoms with Gasteiger partial charge in [-0.1, -0.05) is 6.07 Å². The van der Waals surface area contributed by atoms with Gasteiger partial charge in [-0.05, 0) is 25.0 Å². The molecule has 0 unspecified atom stereocenters. The van der Waals surface area contributed by atoms with E-state index < -0.39 is 36.8 Å². The molecule has 0 N–H and O–H groups in total. The Bertz CT molecular complexity index is 712. The molecule has 26 heavy (non-hydrogen) atoms. The van der Waals surface area contributed by atoms with Crippen LogP contribution in [0.1, 0.15) is 31.0 Å². The average Bonchev–Trinajstić information content (AvgIpc) is 3.02. The minimum Gasteiger partial charge on any atom is -0.365 e. The number of carbonyl (C=O) groups is 2. The lowest BCUT2D eigenvalue weighted by molar-refractivity contribution is -0.243. The van der Waals surface area contributed by atoms with Gasteiger partial charge in [0.25, 0.3) is 0 Å². The fourth-order valence-electron chi connectivity index (χ4n) is 4.10. The maximum Gasteiger partial charge on any atom is 0.416 e. The first kappa shape index (κ1) is 17.3. The van der Waals surface area contributed by atoms with Crippen LogP contribution in [0.3, 0.4) is 0 Å². The van der Waals surface area contributed by atoms with E-state index in [4.69, 9.17) is 4.74 Å². The third-order valence-electron chi connectivity index (χ3n) is 5.34. The molecule has 140 valence electrons. The van der Waals surface area contributed by atoms with Crippen molar-refractivity contribution in [1.29, 1.82) is 0 Å². The molecule has 4 atom stereocenters. The van der Waals surface area contributed by atoms with Crippen molar-refractivity contribution in [2.75, 3.05) is 13.2 Å². The maximum atomic E-state index is 13.0. The number of ether oxygens (including phenoxy) is 1. The second-order valence-electron chi connectivity index (χ2n) is 6.88. The monoisotopic (exact) mass is 369 g/mol. The van der Waals surface area contributed by atoms with Gasteiger partial charge in [0.05, 0.1) is 30.9 Å². The fraction of sp³-hybridized carbons (Fsp3) is 0.588. The van der Waals surface area contributed by atoms with E-state index >= 15 is 0 Å². The highest BCUT2D eigenvalue weighted by Gasteiger charge is 2.52. The number of aromatic nitrogens is 1. The molecule has 3 fully saturated rings. The van der Waals surface area contributed by atoms with E-state index in [0.29, 0.717) is 18.5 Å². The number of hydrogen-bond donors (Lipinski definition) is 0. The molecule has 2 amide bonds. The molecule has 0 aliphatic carbocycles. The largest absolute Gasteiger partial charge is 0.416 e. The van der Waals surface area contributed by atoms with Gasteiger partial charge in [0.1, 0.15) is 6.04 Å². The summed E-state index contributed by atoms with van der Waals surface area (Å²) in [4.78, 5) is 32.7. The Hall–Kier alpha value is -2.16. The zero-order valence-electron chi connectivity index (χ0n) is 13.9. The Labute approximate surface area is 147 Å². The summed E-state index contributed by atoms with van der Waals surface area (Å²) >= 11 is 0. The first-order chi connectivity index (χ1) is 12.4. The summed E-state index contributed by atoms with van der Waals surface area (Å²) in [5.41, 5.74) is 0.695. The van der Waals surface area contributed by atoms with Crippen molar-refractivity contribution in [3.05, 3.63) is 30.1 Å². The quantitative estimate of drug-likeness (QED) is 0.756. The molecule has 3 aliphatic rings. The van der Waals surface area contributed by atoms with Gasteiger partial charge >= 0.3 is 6.18 Å². The maximum absolute atomic E-state index is 13.0. The molecule has 9 heteroatoms. The van der Waals surface area contributed by atoms with Crippen molar-refractivity contribution in [2.24, 2.45) is 0 Å². The normalized spacial score (nSPS) is 32.3. The van der Waals surface area contributed by atoms with Crippen molar-refractivity contribution in [2.45, 2.75) is 49.7 Å². The lowest BCUT2D eigenvalue weighted by atomic mass is 10.1. The second-order valence-corrected chi connectivity index (χ2v) is 6.88. The summed E-state index contributed by atoms with van der Waals surface area (Å²) in [5.74, 6) is -0.658. The third-order valence-corrected chi connectivity index (χ3v) is 5.34. The molecule has 4 rings (SSSR count). The van der Waals surface area contributed by atoms with Crippen molar-refractivity contribution in [1.82, 2.24) is 14.8 Å². The summed E-state index contributed by atoms with van der Waals surface area (Å²) in [6, 6.07) is 3.67. The van der Waals surface area contributed by atoms with Crippen LogP contribution in [-0.4, -0.2) is 64.1 Å². The first-order valence-electron chi connectivity index (χ1n) is 8.57. The van der Waals surface area contributed by atoms with Crippen LogP contribution in [0.4, 0.5) is 13.2 Å². The Kier molecular flexibility index (Phi) is 4.13. The van der Waals surface area contributed by atoms with Gasteiger partial charge in [-0.3, -0.25) is 14.6 Å². The summed E-state index contributed by atoms with van der Waals surface area (Å²) < 4.78 is 43.9. The number of morpholine rings is 1. The average molecular weight is 369 g/mol. The van der Waals surface area contributed by atoms with E-state index in [-0.39, 0.29) is 25.0 Å². The topological polar surface area (TPSA) is 62.7 Å². The number of fused-ring (bicyclic) bond motifs is 2. The van der Waals surface area contributed by atoms with E-state index in [0.717, 1.165) is 0 Å². The van der Waals surface area contributed by atoms with Crippen molar-refractivity contribution in [3.8, 4) is 0 Å². The SMILES string of the molecule is O=C1[C@@H]2CC[C@H](c3ccccn3)N2C(=O)C[C@H]2CO[C@H](C(F)(F)F)CN12. The molecule has 0 saturated carbocycles. The number of halogens is 3. The van der Waals surface area contributed by atoms with Gasteiger partial charge in [-0.25, -0.2) is 0 Å². The summed E-state index contributed by atoms with van der Waals surface area (Å²) in [5, 5.41) is 0. The number of alkyl halides is 3. The van der Waals surface area contributed by atoms with Crippen LogP contribution in [0, 0.1) is 0 Å². The highest BCUT2D eigenvalue weighted by Crippen LogP contribution is 2.40. The summed E-state index contributed by atoms with van der Waals surface area (Å²) in [6.07, 6.45) is -3.96. The van der Waals surface area contributed by atoms with Crippen LogP contribution in [0.2, 0.25) is 0 Å². The lowest BCUT2D eigenvalue weighted by Gasteiger charge is -2.39. The van der Waals surface area contributed by atoms with E-state index in [2.05, 4.69) is 4.98 Å². The summed E-state index contributed by atoms with van der Waals surface area (Å²) in [7, 11) is 0. The van der Waals surface area contributed by atoms with Crippen LogP contribution >= 0.6 is 0 Å². The van der Waals surface area contributed by atoms with Crippen LogP contribution in [-0.2, 0) is 14.3 Å². The third kappa shape index (κ3) is 2.84. The fourth-order valence-corrected chi connectivity index (χ4v) is 4.10. The van der Waals surface area contributed by atoms with E-state index in [1.54, 1.807) is 18.3 Å². The number of carbonyl (C=O) groups excluding carboxylic acids is 2. The second kappa shape index (κ2) is 6.22. The van der Waals surface area contributed by atoms with Crippen molar-refractivity contribution in [3.63, 3.8) is 0 Å². The van der Waals surface area contributed by atoms with Gasteiger partial charge in [0.2, 0.25) is 11.8 Å². The molecule has 3 saturated heterocycles. The molecule has 1 aromatic rings. The minimum absolute atomic E-state index is 0.0316. The Morgan fingerprint density at radius 1 is 1.15 bits per heavy atom. The predicted molar refractivity (Wildman–Crippen MR) is 82.8 cm³/mol. The Morgan fingerprint density at radius 3 is 2.62 bits per heavy atom. The Morgan fingerprint density at radius 2 is 1.92 bits per heavy atom. The highest BCUT2D eigenvalue weighted by atomic mass is 19.4. The molecule has 6 nitrogen and oxygen atoms in total. The number of pyridine rings is 1. The van der Waals surface area contributed by atoms with Crippen molar-refractivity contribution < 1.29 is 27.5 Å². The molecule has 3 aliphatic heterocycles. The van der Waals surface area contributed by atoms with E-state index in [1.807, 2.05) is 6.07 Å². The molecule has 0 bridgehead atoms.